The first kappa shape index (κ1) is 15.0. The van der Waals surface area contributed by atoms with Crippen molar-refractivity contribution in [3.8, 4) is 0 Å². The number of rotatable bonds is 5. The van der Waals surface area contributed by atoms with Crippen LogP contribution in [0.5, 0.6) is 0 Å². The molecule has 7 heteroatoms. The molecule has 2 rings (SSSR count). The highest BCUT2D eigenvalue weighted by molar-refractivity contribution is 7.12. The molecule has 0 aliphatic rings. The second-order valence-corrected chi connectivity index (χ2v) is 5.78. The Balaban J connectivity index is 2.15. The SMILES string of the molecule is CN(C)c1cnn(Cc2ccc(/C=C/C(=O)O)s2)c(=O)c1. The Labute approximate surface area is 125 Å². The molecular formula is C14H15N3O3S. The number of anilines is 1. The Hall–Kier alpha value is -2.41. The second kappa shape index (κ2) is 6.36. The van der Waals surface area contributed by atoms with E-state index < -0.39 is 5.97 Å². The summed E-state index contributed by atoms with van der Waals surface area (Å²) in [6, 6.07) is 5.21. The molecule has 0 radical (unpaired) electrons. The third-order valence-corrected chi connectivity index (χ3v) is 3.79. The molecule has 0 amide bonds. The van der Waals surface area contributed by atoms with E-state index in [1.165, 1.54) is 28.2 Å². The lowest BCUT2D eigenvalue weighted by atomic mass is 10.4. The van der Waals surface area contributed by atoms with Crippen LogP contribution < -0.4 is 10.5 Å². The van der Waals surface area contributed by atoms with E-state index in [2.05, 4.69) is 5.10 Å². The van der Waals surface area contributed by atoms with Gasteiger partial charge in [0.2, 0.25) is 0 Å². The van der Waals surface area contributed by atoms with E-state index in [0.717, 1.165) is 21.5 Å². The Kier molecular flexibility index (Phi) is 4.54. The van der Waals surface area contributed by atoms with Crippen molar-refractivity contribution < 1.29 is 9.90 Å². The van der Waals surface area contributed by atoms with Crippen molar-refractivity contribution in [2.45, 2.75) is 6.54 Å². The highest BCUT2D eigenvalue weighted by Gasteiger charge is 2.04. The van der Waals surface area contributed by atoms with Crippen LogP contribution >= 0.6 is 11.3 Å². The van der Waals surface area contributed by atoms with E-state index in [9.17, 15) is 9.59 Å². The molecule has 2 aromatic rings. The summed E-state index contributed by atoms with van der Waals surface area (Å²) in [5.41, 5.74) is 0.588. The van der Waals surface area contributed by atoms with Crippen molar-refractivity contribution >= 4 is 29.1 Å². The Morgan fingerprint density at radius 2 is 2.24 bits per heavy atom. The maximum Gasteiger partial charge on any atom is 0.328 e. The smallest absolute Gasteiger partial charge is 0.328 e. The molecule has 2 heterocycles. The average molecular weight is 305 g/mol. The van der Waals surface area contributed by atoms with Crippen LogP contribution in [0.3, 0.4) is 0 Å². The number of carboxylic acid groups (broad SMARTS) is 1. The molecule has 0 spiro atoms. The van der Waals surface area contributed by atoms with Crippen LogP contribution in [0, 0.1) is 0 Å². The minimum Gasteiger partial charge on any atom is -0.478 e. The van der Waals surface area contributed by atoms with Crippen LogP contribution in [-0.4, -0.2) is 35.0 Å². The van der Waals surface area contributed by atoms with Crippen molar-refractivity contribution in [3.05, 3.63) is 50.6 Å². The van der Waals surface area contributed by atoms with Gasteiger partial charge in [-0.1, -0.05) is 0 Å². The lowest BCUT2D eigenvalue weighted by Crippen LogP contribution is -2.24. The molecule has 1 N–H and O–H groups in total. The first-order valence-corrected chi connectivity index (χ1v) is 7.01. The molecule has 6 nitrogen and oxygen atoms in total. The van der Waals surface area contributed by atoms with Crippen LogP contribution in [0.25, 0.3) is 6.08 Å². The zero-order valence-electron chi connectivity index (χ0n) is 11.7. The van der Waals surface area contributed by atoms with Crippen molar-refractivity contribution in [1.82, 2.24) is 9.78 Å². The van der Waals surface area contributed by atoms with Gasteiger partial charge in [-0.15, -0.1) is 11.3 Å². The summed E-state index contributed by atoms with van der Waals surface area (Å²) in [6.45, 7) is 0.373. The Morgan fingerprint density at radius 3 is 2.86 bits per heavy atom. The first-order chi connectivity index (χ1) is 9.95. The lowest BCUT2D eigenvalue weighted by Gasteiger charge is -2.11. The topological polar surface area (TPSA) is 75.4 Å². The van der Waals surface area contributed by atoms with Crippen molar-refractivity contribution in [3.63, 3.8) is 0 Å². The molecule has 0 atom stereocenters. The summed E-state index contributed by atoms with van der Waals surface area (Å²) in [6.07, 6.45) is 4.26. The minimum atomic E-state index is -0.984. The third kappa shape index (κ3) is 4.03. The minimum absolute atomic E-state index is 0.169. The molecule has 0 bridgehead atoms. The van der Waals surface area contributed by atoms with Gasteiger partial charge in [0.05, 0.1) is 18.4 Å². The largest absolute Gasteiger partial charge is 0.478 e. The predicted octanol–water partition coefficient (Wildman–Crippen LogP) is 1.52. The van der Waals surface area contributed by atoms with E-state index in [-0.39, 0.29) is 5.56 Å². The van der Waals surface area contributed by atoms with Gasteiger partial charge in [-0.25, -0.2) is 9.48 Å². The van der Waals surface area contributed by atoms with Gasteiger partial charge >= 0.3 is 5.97 Å². The van der Waals surface area contributed by atoms with Crippen LogP contribution in [0.4, 0.5) is 5.69 Å². The van der Waals surface area contributed by atoms with E-state index >= 15 is 0 Å². The number of aromatic nitrogens is 2. The van der Waals surface area contributed by atoms with Gasteiger partial charge in [0.25, 0.3) is 5.56 Å². The average Bonchev–Trinajstić information content (AvgIpc) is 2.86. The highest BCUT2D eigenvalue weighted by atomic mass is 32.1. The molecule has 21 heavy (non-hydrogen) atoms. The van der Waals surface area contributed by atoms with Gasteiger partial charge in [-0.05, 0) is 18.2 Å². The lowest BCUT2D eigenvalue weighted by molar-refractivity contribution is -0.131. The standard InChI is InChI=1S/C14H15N3O3S/c1-16(2)10-7-13(18)17(15-8-10)9-12-4-3-11(21-12)5-6-14(19)20/h3-8H,9H2,1-2H3,(H,19,20)/b6-5+. The number of hydrogen-bond acceptors (Lipinski definition) is 5. The second-order valence-electron chi connectivity index (χ2n) is 4.58. The quantitative estimate of drug-likeness (QED) is 0.848. The number of thiophene rings is 1. The van der Waals surface area contributed by atoms with E-state index in [4.69, 9.17) is 5.11 Å². The number of hydrogen-bond donors (Lipinski definition) is 1. The predicted molar refractivity (Wildman–Crippen MR) is 82.9 cm³/mol. The maximum atomic E-state index is 12.0. The molecule has 110 valence electrons. The summed E-state index contributed by atoms with van der Waals surface area (Å²) >= 11 is 1.43. The van der Waals surface area contributed by atoms with Gasteiger partial charge < -0.3 is 10.0 Å². The summed E-state index contributed by atoms with van der Waals surface area (Å²) in [5, 5.41) is 12.7. The van der Waals surface area contributed by atoms with Gasteiger partial charge in [0.1, 0.15) is 0 Å². The Morgan fingerprint density at radius 1 is 1.48 bits per heavy atom. The first-order valence-electron chi connectivity index (χ1n) is 6.20. The number of carbonyl (C=O) groups is 1. The van der Waals surface area contributed by atoms with Gasteiger partial charge in [-0.3, -0.25) is 4.79 Å². The van der Waals surface area contributed by atoms with Crippen LogP contribution in [0.2, 0.25) is 0 Å². The molecule has 0 fully saturated rings. The zero-order valence-corrected chi connectivity index (χ0v) is 12.5. The number of carboxylic acids is 1. The van der Waals surface area contributed by atoms with Crippen LogP contribution in [-0.2, 0) is 11.3 Å². The zero-order chi connectivity index (χ0) is 15.4. The van der Waals surface area contributed by atoms with Crippen LogP contribution in [0.1, 0.15) is 9.75 Å². The van der Waals surface area contributed by atoms with E-state index in [0.29, 0.717) is 6.54 Å². The fourth-order valence-corrected chi connectivity index (χ4v) is 2.56. The van der Waals surface area contributed by atoms with Crippen molar-refractivity contribution in [2.75, 3.05) is 19.0 Å². The maximum absolute atomic E-state index is 12.0. The van der Waals surface area contributed by atoms with E-state index in [1.54, 1.807) is 6.20 Å². The molecule has 0 saturated heterocycles. The fourth-order valence-electron chi connectivity index (χ4n) is 1.66. The fraction of sp³-hybridized carbons (Fsp3) is 0.214. The molecule has 2 aromatic heterocycles. The molecule has 0 unspecified atom stereocenters. The van der Waals surface area contributed by atoms with Gasteiger partial charge in [-0.2, -0.15) is 5.10 Å². The highest BCUT2D eigenvalue weighted by Crippen LogP contribution is 2.18. The third-order valence-electron chi connectivity index (χ3n) is 2.75. The van der Waals surface area contributed by atoms with E-state index in [1.807, 2.05) is 31.1 Å². The van der Waals surface area contributed by atoms with Gasteiger partial charge in [0.15, 0.2) is 0 Å². The summed E-state index contributed by atoms with van der Waals surface area (Å²) in [5.74, 6) is -0.984. The molecule has 0 saturated carbocycles. The molecule has 0 aromatic carbocycles. The van der Waals surface area contributed by atoms with Crippen molar-refractivity contribution in [2.24, 2.45) is 0 Å². The molecule has 0 aliphatic heterocycles. The summed E-state index contributed by atoms with van der Waals surface area (Å²) in [4.78, 5) is 26.0. The molecule has 0 aliphatic carbocycles. The number of aliphatic carboxylic acids is 1. The normalized spacial score (nSPS) is 11.0. The van der Waals surface area contributed by atoms with Crippen LogP contribution in [0.15, 0.2) is 35.3 Å². The monoisotopic (exact) mass is 305 g/mol. The summed E-state index contributed by atoms with van der Waals surface area (Å²) < 4.78 is 1.38. The summed E-state index contributed by atoms with van der Waals surface area (Å²) in [7, 11) is 3.70. The van der Waals surface area contributed by atoms with Gasteiger partial charge in [0, 0.05) is 36.0 Å². The number of nitrogens with zero attached hydrogens (tertiary/aromatic N) is 3. The van der Waals surface area contributed by atoms with Crippen molar-refractivity contribution in [1.29, 1.82) is 0 Å². The molecular weight excluding hydrogens is 290 g/mol. The Bertz CT molecular complexity index is 731.